The molecule has 0 aliphatic heterocycles. The van der Waals surface area contributed by atoms with E-state index in [0.29, 0.717) is 6.61 Å². The van der Waals surface area contributed by atoms with E-state index in [4.69, 9.17) is 4.74 Å². The van der Waals surface area contributed by atoms with Crippen molar-refractivity contribution in [2.75, 3.05) is 32.8 Å². The second kappa shape index (κ2) is 12.7. The highest BCUT2D eigenvalue weighted by Gasteiger charge is 2.24. The quantitative estimate of drug-likeness (QED) is 0.323. The van der Waals surface area contributed by atoms with Gasteiger partial charge >= 0.3 is 5.97 Å². The smallest absolute Gasteiger partial charge is 0.330 e. The lowest BCUT2D eigenvalue weighted by Gasteiger charge is -2.38. The molecule has 0 saturated carbocycles. The number of carbonyl (C=O) groups excluding carboxylic acids is 1. The molecule has 0 bridgehead atoms. The average Bonchev–Trinajstić information content (AvgIpc) is 2.30. The zero-order valence-corrected chi connectivity index (χ0v) is 14.5. The Balaban J connectivity index is 0. The Bertz CT molecular complexity index is 238. The average molecular weight is 336 g/mol. The number of hydrogen-bond donors (Lipinski definition) is 0. The molecule has 0 fully saturated rings. The van der Waals surface area contributed by atoms with Crippen LogP contribution in [0.25, 0.3) is 0 Å². The Kier molecular flexibility index (Phi) is 14.0. The molecule has 114 valence electrons. The normalized spacial score (nSPS) is 11.4. The molecule has 0 aromatic carbocycles. The van der Waals surface area contributed by atoms with E-state index in [0.717, 1.165) is 11.0 Å². The Morgan fingerprint density at radius 3 is 1.84 bits per heavy atom. The van der Waals surface area contributed by atoms with Gasteiger partial charge in [0, 0.05) is 6.08 Å². The summed E-state index contributed by atoms with van der Waals surface area (Å²) in [7, 11) is 0. The Hall–Kier alpha value is -0.350. The SMILES string of the molecule is CC=CC(=O)OCC[N+](CCC)(CCC)CCC.[Br-]. The van der Waals surface area contributed by atoms with Crippen LogP contribution >= 0.6 is 0 Å². The lowest BCUT2D eigenvalue weighted by Crippen LogP contribution is -3.00. The summed E-state index contributed by atoms with van der Waals surface area (Å²) in [5.41, 5.74) is 0. The standard InChI is InChI=1S/C15H30NO2.BrH/c1-5-9-15(17)18-14-13-16(10-6-2,11-7-3)12-8-4;/h5,9H,6-8,10-14H2,1-4H3;1H/q+1;/p-1. The predicted molar refractivity (Wildman–Crippen MR) is 76.4 cm³/mol. The number of carbonyl (C=O) groups is 1. The summed E-state index contributed by atoms with van der Waals surface area (Å²) in [6.07, 6.45) is 6.75. The van der Waals surface area contributed by atoms with Crippen LogP contribution < -0.4 is 17.0 Å². The van der Waals surface area contributed by atoms with Gasteiger partial charge in [0.15, 0.2) is 0 Å². The number of allylic oxidation sites excluding steroid dienone is 1. The number of ether oxygens (including phenoxy) is 1. The summed E-state index contributed by atoms with van der Waals surface area (Å²) < 4.78 is 6.33. The largest absolute Gasteiger partial charge is 1.00 e. The third kappa shape index (κ3) is 9.22. The molecular formula is C15H30BrNO2. The zero-order valence-electron chi connectivity index (χ0n) is 13.0. The predicted octanol–water partition coefficient (Wildman–Crippen LogP) is 0.157. The minimum absolute atomic E-state index is 0. The monoisotopic (exact) mass is 335 g/mol. The summed E-state index contributed by atoms with van der Waals surface area (Å²) in [5.74, 6) is -0.222. The Labute approximate surface area is 129 Å². The fourth-order valence-electron chi connectivity index (χ4n) is 2.62. The van der Waals surface area contributed by atoms with Crippen molar-refractivity contribution >= 4 is 5.97 Å². The first kappa shape index (κ1) is 21.0. The molecule has 0 saturated heterocycles. The van der Waals surface area contributed by atoms with Crippen molar-refractivity contribution in [2.24, 2.45) is 0 Å². The highest BCUT2D eigenvalue weighted by Crippen LogP contribution is 2.11. The van der Waals surface area contributed by atoms with Crippen molar-refractivity contribution < 1.29 is 31.0 Å². The van der Waals surface area contributed by atoms with Crippen LogP contribution in [0.5, 0.6) is 0 Å². The van der Waals surface area contributed by atoms with Crippen molar-refractivity contribution in [1.82, 2.24) is 0 Å². The molecule has 0 atom stereocenters. The highest BCUT2D eigenvalue weighted by atomic mass is 79.9. The molecule has 0 aliphatic carbocycles. The van der Waals surface area contributed by atoms with Crippen LogP contribution in [-0.2, 0) is 9.53 Å². The maximum atomic E-state index is 11.3. The van der Waals surface area contributed by atoms with Gasteiger partial charge in [-0.3, -0.25) is 0 Å². The van der Waals surface area contributed by atoms with Gasteiger partial charge in [-0.2, -0.15) is 0 Å². The van der Waals surface area contributed by atoms with E-state index in [2.05, 4.69) is 20.8 Å². The summed E-state index contributed by atoms with van der Waals surface area (Å²) >= 11 is 0. The molecule has 0 aromatic heterocycles. The van der Waals surface area contributed by atoms with E-state index < -0.39 is 0 Å². The van der Waals surface area contributed by atoms with E-state index in [1.165, 1.54) is 45.0 Å². The van der Waals surface area contributed by atoms with Gasteiger partial charge in [0.05, 0.1) is 19.6 Å². The molecule has 0 heterocycles. The molecule has 0 aliphatic rings. The van der Waals surface area contributed by atoms with Gasteiger partial charge in [-0.1, -0.05) is 26.8 Å². The summed E-state index contributed by atoms with van der Waals surface area (Å²) in [6.45, 7) is 13.5. The van der Waals surface area contributed by atoms with Crippen LogP contribution in [0.2, 0.25) is 0 Å². The number of hydrogen-bond acceptors (Lipinski definition) is 2. The van der Waals surface area contributed by atoms with Crippen LogP contribution in [0.4, 0.5) is 0 Å². The van der Waals surface area contributed by atoms with Gasteiger partial charge in [-0.15, -0.1) is 0 Å². The third-order valence-corrected chi connectivity index (χ3v) is 3.21. The molecule has 0 spiro atoms. The van der Waals surface area contributed by atoms with Crippen molar-refractivity contribution in [2.45, 2.75) is 47.0 Å². The van der Waals surface area contributed by atoms with Crippen molar-refractivity contribution in [3.05, 3.63) is 12.2 Å². The van der Waals surface area contributed by atoms with Crippen molar-refractivity contribution in [3.63, 3.8) is 0 Å². The molecular weight excluding hydrogens is 306 g/mol. The zero-order chi connectivity index (χ0) is 13.9. The second-order valence-corrected chi connectivity index (χ2v) is 4.90. The molecule has 19 heavy (non-hydrogen) atoms. The number of halogens is 1. The van der Waals surface area contributed by atoms with Crippen LogP contribution in [0.15, 0.2) is 12.2 Å². The minimum atomic E-state index is -0.222. The third-order valence-electron chi connectivity index (χ3n) is 3.21. The lowest BCUT2D eigenvalue weighted by molar-refractivity contribution is -0.928. The van der Waals surface area contributed by atoms with Gasteiger partial charge in [-0.05, 0) is 26.2 Å². The topological polar surface area (TPSA) is 26.3 Å². The van der Waals surface area contributed by atoms with E-state index in [1.54, 1.807) is 6.08 Å². The Morgan fingerprint density at radius 2 is 1.47 bits per heavy atom. The van der Waals surface area contributed by atoms with Gasteiger partial charge in [0.25, 0.3) is 0 Å². The van der Waals surface area contributed by atoms with Crippen LogP contribution in [0, 0.1) is 0 Å². The maximum Gasteiger partial charge on any atom is 0.330 e. The van der Waals surface area contributed by atoms with Gasteiger partial charge in [0.1, 0.15) is 13.2 Å². The first-order chi connectivity index (χ1) is 8.64. The number of esters is 1. The van der Waals surface area contributed by atoms with Crippen molar-refractivity contribution in [1.29, 1.82) is 0 Å². The molecule has 0 amide bonds. The summed E-state index contributed by atoms with van der Waals surface area (Å²) in [6, 6.07) is 0. The molecule has 3 nitrogen and oxygen atoms in total. The molecule has 4 heteroatoms. The number of nitrogens with zero attached hydrogens (tertiary/aromatic N) is 1. The first-order valence-electron chi connectivity index (χ1n) is 7.28. The van der Waals surface area contributed by atoms with Gasteiger partial charge in [-0.25, -0.2) is 4.79 Å². The van der Waals surface area contributed by atoms with E-state index in [1.807, 2.05) is 6.92 Å². The van der Waals surface area contributed by atoms with Gasteiger partial charge < -0.3 is 26.2 Å². The van der Waals surface area contributed by atoms with E-state index in [-0.39, 0.29) is 23.0 Å². The fraction of sp³-hybridized carbons (Fsp3) is 0.800. The highest BCUT2D eigenvalue weighted by molar-refractivity contribution is 5.81. The van der Waals surface area contributed by atoms with E-state index >= 15 is 0 Å². The van der Waals surface area contributed by atoms with Crippen LogP contribution in [0.3, 0.4) is 0 Å². The lowest BCUT2D eigenvalue weighted by atomic mass is 10.2. The molecule has 0 unspecified atom stereocenters. The summed E-state index contributed by atoms with van der Waals surface area (Å²) in [5, 5.41) is 0. The van der Waals surface area contributed by atoms with E-state index in [9.17, 15) is 4.79 Å². The number of quaternary nitrogens is 1. The van der Waals surface area contributed by atoms with Gasteiger partial charge in [0.2, 0.25) is 0 Å². The van der Waals surface area contributed by atoms with Crippen LogP contribution in [0.1, 0.15) is 47.0 Å². The molecule has 0 radical (unpaired) electrons. The minimum Gasteiger partial charge on any atom is -1.00 e. The summed E-state index contributed by atoms with van der Waals surface area (Å²) in [4.78, 5) is 11.3. The fourth-order valence-corrected chi connectivity index (χ4v) is 2.62. The maximum absolute atomic E-state index is 11.3. The van der Waals surface area contributed by atoms with Crippen molar-refractivity contribution in [3.8, 4) is 0 Å². The first-order valence-corrected chi connectivity index (χ1v) is 7.28. The molecule has 0 rings (SSSR count). The number of rotatable bonds is 10. The second-order valence-electron chi connectivity index (χ2n) is 4.90. The van der Waals surface area contributed by atoms with Crippen LogP contribution in [-0.4, -0.2) is 43.2 Å². The molecule has 0 N–H and O–H groups in total. The Morgan fingerprint density at radius 1 is 1.00 bits per heavy atom. The molecule has 0 aromatic rings.